The van der Waals surface area contributed by atoms with Gasteiger partial charge in [0.25, 0.3) is 5.91 Å². The second kappa shape index (κ2) is 8.37. The van der Waals surface area contributed by atoms with E-state index in [1.807, 2.05) is 13.0 Å². The summed E-state index contributed by atoms with van der Waals surface area (Å²) in [6.07, 6.45) is 6.89. The largest absolute Gasteiger partial charge is 0.463 e. The molecule has 1 atom stereocenters. The summed E-state index contributed by atoms with van der Waals surface area (Å²) in [5, 5.41) is 8.38. The summed E-state index contributed by atoms with van der Waals surface area (Å²) < 4.78 is 7.10. The number of aromatic nitrogens is 2. The second-order valence-corrected chi connectivity index (χ2v) is 9.56. The summed E-state index contributed by atoms with van der Waals surface area (Å²) in [5.74, 6) is 0.101. The van der Waals surface area contributed by atoms with Crippen molar-refractivity contribution in [2.24, 2.45) is 0 Å². The van der Waals surface area contributed by atoms with Crippen LogP contribution in [0.4, 0.5) is 5.69 Å². The van der Waals surface area contributed by atoms with Crippen molar-refractivity contribution in [2.45, 2.75) is 64.1 Å². The molecular weight excluding hydrogens is 440 g/mol. The highest BCUT2D eigenvalue weighted by molar-refractivity contribution is 6.32. The van der Waals surface area contributed by atoms with Crippen LogP contribution in [0.15, 0.2) is 47.1 Å². The van der Waals surface area contributed by atoms with Crippen molar-refractivity contribution in [2.75, 3.05) is 4.90 Å². The van der Waals surface area contributed by atoms with Crippen LogP contribution >= 0.6 is 11.6 Å². The Labute approximate surface area is 197 Å². The number of benzene rings is 1. The van der Waals surface area contributed by atoms with Crippen LogP contribution in [-0.2, 0) is 11.3 Å². The van der Waals surface area contributed by atoms with Gasteiger partial charge in [0.15, 0.2) is 5.76 Å². The second-order valence-electron chi connectivity index (χ2n) is 9.16. The van der Waals surface area contributed by atoms with E-state index in [0.29, 0.717) is 27.9 Å². The SMILES string of the molecule is Cc1c(Cl)cccc1N1C(=O)c2cc(-c3ccco3)nn2C[C@]1(C)C(=O)NC1CCCCC1. The molecule has 172 valence electrons. The van der Waals surface area contributed by atoms with Crippen LogP contribution in [0.2, 0.25) is 5.02 Å². The Morgan fingerprint density at radius 1 is 1.21 bits per heavy atom. The van der Waals surface area contributed by atoms with Gasteiger partial charge in [-0.15, -0.1) is 0 Å². The van der Waals surface area contributed by atoms with Gasteiger partial charge in [0, 0.05) is 22.8 Å². The molecule has 33 heavy (non-hydrogen) atoms. The number of halogens is 1. The number of fused-ring (bicyclic) bond motifs is 1. The van der Waals surface area contributed by atoms with Crippen LogP contribution in [0.5, 0.6) is 0 Å². The predicted octanol–water partition coefficient (Wildman–Crippen LogP) is 4.97. The number of furan rings is 1. The average molecular weight is 467 g/mol. The summed E-state index contributed by atoms with van der Waals surface area (Å²) in [7, 11) is 0. The first kappa shape index (κ1) is 21.8. The normalized spacial score (nSPS) is 21.2. The quantitative estimate of drug-likeness (QED) is 0.588. The lowest BCUT2D eigenvalue weighted by molar-refractivity contribution is -0.127. The molecule has 1 fully saturated rings. The maximum Gasteiger partial charge on any atom is 0.277 e. The highest BCUT2D eigenvalue weighted by Gasteiger charge is 2.49. The first-order chi connectivity index (χ1) is 15.9. The van der Waals surface area contributed by atoms with E-state index in [9.17, 15) is 9.59 Å². The predicted molar refractivity (Wildman–Crippen MR) is 126 cm³/mol. The molecule has 0 saturated heterocycles. The highest BCUT2D eigenvalue weighted by atomic mass is 35.5. The number of carbonyl (C=O) groups excluding carboxylic acids is 2. The fourth-order valence-corrected chi connectivity index (χ4v) is 5.10. The Morgan fingerprint density at radius 2 is 2.00 bits per heavy atom. The van der Waals surface area contributed by atoms with Crippen LogP contribution in [0.25, 0.3) is 11.5 Å². The first-order valence-electron chi connectivity index (χ1n) is 11.4. The Morgan fingerprint density at radius 3 is 2.73 bits per heavy atom. The lowest BCUT2D eigenvalue weighted by Crippen LogP contribution is -2.65. The Kier molecular flexibility index (Phi) is 5.52. The molecule has 8 heteroatoms. The van der Waals surface area contributed by atoms with Crippen LogP contribution < -0.4 is 10.2 Å². The number of carbonyl (C=O) groups is 2. The third-order valence-corrected chi connectivity index (χ3v) is 7.25. The lowest BCUT2D eigenvalue weighted by Gasteiger charge is -2.44. The van der Waals surface area contributed by atoms with Gasteiger partial charge < -0.3 is 9.73 Å². The standard InChI is InChI=1S/C25H27ClN4O3/c1-16-18(26)10-6-11-20(16)30-23(31)21-14-19(22-12-7-13-33-22)28-29(21)15-25(30,2)24(32)27-17-8-4-3-5-9-17/h6-7,10-14,17H,3-5,8-9,15H2,1-2H3,(H,27,32)/t25-/m1/s1. The average Bonchev–Trinajstić information content (AvgIpc) is 3.47. The highest BCUT2D eigenvalue weighted by Crippen LogP contribution is 2.37. The van der Waals surface area contributed by atoms with Gasteiger partial charge in [-0.2, -0.15) is 5.10 Å². The van der Waals surface area contributed by atoms with Crippen molar-refractivity contribution in [3.63, 3.8) is 0 Å². The number of hydrogen-bond donors (Lipinski definition) is 1. The van der Waals surface area contributed by atoms with Crippen LogP contribution in [0, 0.1) is 6.92 Å². The number of hydrogen-bond acceptors (Lipinski definition) is 4. The van der Waals surface area contributed by atoms with Gasteiger partial charge in [-0.05, 0) is 56.5 Å². The molecule has 2 amide bonds. The summed E-state index contributed by atoms with van der Waals surface area (Å²) in [6.45, 7) is 3.89. The summed E-state index contributed by atoms with van der Waals surface area (Å²) in [4.78, 5) is 29.2. The molecule has 1 aliphatic carbocycles. The number of nitrogens with one attached hydrogen (secondary N) is 1. The summed E-state index contributed by atoms with van der Waals surface area (Å²) in [6, 6.07) is 10.8. The molecule has 0 radical (unpaired) electrons. The van der Waals surface area contributed by atoms with E-state index in [-0.39, 0.29) is 24.4 Å². The van der Waals surface area contributed by atoms with Crippen molar-refractivity contribution in [1.29, 1.82) is 0 Å². The Hall–Kier alpha value is -3.06. The van der Waals surface area contributed by atoms with Gasteiger partial charge in [-0.25, -0.2) is 0 Å². The fourth-order valence-electron chi connectivity index (χ4n) is 4.93. The monoisotopic (exact) mass is 466 g/mol. The number of nitrogens with zero attached hydrogens (tertiary/aromatic N) is 3. The first-order valence-corrected chi connectivity index (χ1v) is 11.8. The molecule has 1 aliphatic heterocycles. The van der Waals surface area contributed by atoms with Crippen molar-refractivity contribution in [3.05, 3.63) is 58.9 Å². The van der Waals surface area contributed by atoms with Crippen LogP contribution in [0.3, 0.4) is 0 Å². The molecule has 5 rings (SSSR count). The Balaban J connectivity index is 1.59. The van der Waals surface area contributed by atoms with Gasteiger partial charge in [-0.3, -0.25) is 19.2 Å². The van der Waals surface area contributed by atoms with Crippen LogP contribution in [0.1, 0.15) is 55.1 Å². The van der Waals surface area contributed by atoms with E-state index >= 15 is 0 Å². The van der Waals surface area contributed by atoms with Crippen LogP contribution in [-0.4, -0.2) is 33.2 Å². The molecule has 7 nitrogen and oxygen atoms in total. The molecule has 1 N–H and O–H groups in total. The van der Waals surface area contributed by atoms with Gasteiger partial charge in [-0.1, -0.05) is 36.9 Å². The van der Waals surface area contributed by atoms with Gasteiger partial charge >= 0.3 is 0 Å². The van der Waals surface area contributed by atoms with E-state index < -0.39 is 5.54 Å². The smallest absolute Gasteiger partial charge is 0.277 e. The number of anilines is 1. The van der Waals surface area contributed by atoms with E-state index in [4.69, 9.17) is 16.0 Å². The van der Waals surface area contributed by atoms with Crippen molar-refractivity contribution >= 4 is 29.1 Å². The number of rotatable bonds is 4. The molecule has 0 bridgehead atoms. The van der Waals surface area contributed by atoms with E-state index in [1.165, 1.54) is 6.42 Å². The zero-order valence-corrected chi connectivity index (χ0v) is 19.6. The molecule has 2 aliphatic rings. The zero-order valence-electron chi connectivity index (χ0n) is 18.8. The maximum absolute atomic E-state index is 13.9. The van der Waals surface area contributed by atoms with E-state index in [1.54, 1.807) is 53.1 Å². The van der Waals surface area contributed by atoms with Crippen molar-refractivity contribution < 1.29 is 14.0 Å². The molecule has 1 aromatic carbocycles. The molecule has 2 aromatic heterocycles. The van der Waals surface area contributed by atoms with Gasteiger partial charge in [0.2, 0.25) is 5.91 Å². The summed E-state index contributed by atoms with van der Waals surface area (Å²) >= 11 is 6.41. The van der Waals surface area contributed by atoms with Crippen molar-refractivity contribution in [3.8, 4) is 11.5 Å². The summed E-state index contributed by atoms with van der Waals surface area (Å²) in [5.41, 5.74) is 1.17. The fraction of sp³-hybridized carbons (Fsp3) is 0.400. The topological polar surface area (TPSA) is 80.4 Å². The third kappa shape index (κ3) is 3.74. The third-order valence-electron chi connectivity index (χ3n) is 6.84. The Bertz CT molecular complexity index is 1200. The molecule has 0 unspecified atom stereocenters. The number of amides is 2. The van der Waals surface area contributed by atoms with Crippen molar-refractivity contribution in [1.82, 2.24) is 15.1 Å². The van der Waals surface area contributed by atoms with E-state index in [0.717, 1.165) is 31.2 Å². The van der Waals surface area contributed by atoms with Gasteiger partial charge in [0.05, 0.1) is 12.8 Å². The van der Waals surface area contributed by atoms with E-state index in [2.05, 4.69) is 10.4 Å². The minimum absolute atomic E-state index is 0.123. The maximum atomic E-state index is 13.9. The zero-order chi connectivity index (χ0) is 23.2. The molecule has 0 spiro atoms. The lowest BCUT2D eigenvalue weighted by atomic mass is 9.90. The molecule has 1 saturated carbocycles. The minimum Gasteiger partial charge on any atom is -0.463 e. The molecule has 3 aromatic rings. The molecule has 3 heterocycles. The molecular formula is C25H27ClN4O3. The minimum atomic E-state index is -1.18. The van der Waals surface area contributed by atoms with Gasteiger partial charge in [0.1, 0.15) is 16.9 Å².